The Balaban J connectivity index is 2.08. The van der Waals surface area contributed by atoms with E-state index in [1.807, 2.05) is 0 Å². The molecular formula is C14H10N4O6. The summed E-state index contributed by atoms with van der Waals surface area (Å²) in [7, 11) is 0. The molecule has 122 valence electrons. The highest BCUT2D eigenvalue weighted by atomic mass is 16.6. The van der Waals surface area contributed by atoms with Gasteiger partial charge in [0.15, 0.2) is 18.1 Å². The molecule has 0 unspecified atom stereocenters. The molecule has 0 radical (unpaired) electrons. The molecule has 0 aliphatic carbocycles. The van der Waals surface area contributed by atoms with E-state index in [0.29, 0.717) is 10.3 Å². The molecule has 0 saturated heterocycles. The number of aryl methyl sites for hydroxylation is 1. The van der Waals surface area contributed by atoms with Crippen molar-refractivity contribution in [2.24, 2.45) is 0 Å². The summed E-state index contributed by atoms with van der Waals surface area (Å²) in [5.41, 5.74) is 0.520. The first-order chi connectivity index (χ1) is 11.4. The van der Waals surface area contributed by atoms with Gasteiger partial charge in [0, 0.05) is 12.1 Å². The summed E-state index contributed by atoms with van der Waals surface area (Å²) in [6.07, 6.45) is 2.59. The van der Waals surface area contributed by atoms with Crippen LogP contribution < -0.4 is 4.73 Å². The number of pyridine rings is 1. The number of nitro benzene ring substituents is 1. The number of benzene rings is 1. The van der Waals surface area contributed by atoms with Crippen LogP contribution in [0.25, 0.3) is 22.8 Å². The lowest BCUT2D eigenvalue weighted by Gasteiger charge is -2.01. The van der Waals surface area contributed by atoms with Gasteiger partial charge in [-0.05, 0) is 18.6 Å². The zero-order valence-corrected chi connectivity index (χ0v) is 12.2. The summed E-state index contributed by atoms with van der Waals surface area (Å²) >= 11 is 0. The van der Waals surface area contributed by atoms with Crippen LogP contribution in [-0.4, -0.2) is 25.3 Å². The summed E-state index contributed by atoms with van der Waals surface area (Å²) in [5, 5.41) is 45.1. The van der Waals surface area contributed by atoms with Crippen LogP contribution in [0.15, 0.2) is 35.1 Å². The zero-order valence-electron chi connectivity index (χ0n) is 12.2. The zero-order chi connectivity index (χ0) is 17.4. The molecule has 0 aliphatic rings. The van der Waals surface area contributed by atoms with Gasteiger partial charge >= 0.3 is 5.69 Å². The molecule has 3 rings (SSSR count). The maximum Gasteiger partial charge on any atom is 0.315 e. The van der Waals surface area contributed by atoms with Crippen molar-refractivity contribution in [1.29, 1.82) is 0 Å². The minimum absolute atomic E-state index is 0.0549. The topological polar surface area (TPSA) is 149 Å². The van der Waals surface area contributed by atoms with Crippen LogP contribution in [0.1, 0.15) is 5.56 Å². The fraction of sp³-hybridized carbons (Fsp3) is 0.0714. The van der Waals surface area contributed by atoms with Crippen molar-refractivity contribution in [3.63, 3.8) is 0 Å². The lowest BCUT2D eigenvalue weighted by molar-refractivity contribution is -0.604. The molecule has 0 amide bonds. The summed E-state index contributed by atoms with van der Waals surface area (Å²) < 4.78 is 5.62. The van der Waals surface area contributed by atoms with Crippen molar-refractivity contribution in [1.82, 2.24) is 10.1 Å². The Morgan fingerprint density at radius 1 is 1.33 bits per heavy atom. The first-order valence-corrected chi connectivity index (χ1v) is 6.61. The first-order valence-electron chi connectivity index (χ1n) is 6.61. The predicted octanol–water partition coefficient (Wildman–Crippen LogP) is 1.66. The molecule has 2 heterocycles. The molecule has 0 bridgehead atoms. The van der Waals surface area contributed by atoms with Crippen molar-refractivity contribution in [3.05, 3.63) is 51.5 Å². The van der Waals surface area contributed by atoms with Gasteiger partial charge in [0.25, 0.3) is 5.89 Å². The highest BCUT2D eigenvalue weighted by molar-refractivity contribution is 5.69. The summed E-state index contributed by atoms with van der Waals surface area (Å²) in [6.45, 7) is 1.75. The number of aromatic nitrogens is 3. The number of hydrogen-bond acceptors (Lipinski definition) is 8. The smallest absolute Gasteiger partial charge is 0.315 e. The summed E-state index contributed by atoms with van der Waals surface area (Å²) in [6, 6.07) is 3.64. The van der Waals surface area contributed by atoms with Gasteiger partial charge in [-0.3, -0.25) is 10.1 Å². The monoisotopic (exact) mass is 330 g/mol. The van der Waals surface area contributed by atoms with E-state index in [4.69, 9.17) is 4.52 Å². The van der Waals surface area contributed by atoms with Gasteiger partial charge in [-0.15, -0.1) is 0 Å². The van der Waals surface area contributed by atoms with Crippen LogP contribution in [0.4, 0.5) is 5.69 Å². The number of phenols is 2. The maximum atomic E-state index is 11.4. The molecule has 0 atom stereocenters. The molecule has 0 spiro atoms. The average Bonchev–Trinajstić information content (AvgIpc) is 3.01. The SMILES string of the molecule is Cc1cc[n+]([O-])cc1-c1noc(-c2cc(O)c(O)c([N+](=O)[O-])c2)n1. The predicted molar refractivity (Wildman–Crippen MR) is 78.9 cm³/mol. The van der Waals surface area contributed by atoms with E-state index in [2.05, 4.69) is 10.1 Å². The number of phenolic OH excluding ortho intramolecular Hbond substituents is 2. The lowest BCUT2D eigenvalue weighted by atomic mass is 10.1. The van der Waals surface area contributed by atoms with Crippen LogP contribution in [0.3, 0.4) is 0 Å². The van der Waals surface area contributed by atoms with E-state index in [1.165, 1.54) is 12.4 Å². The van der Waals surface area contributed by atoms with Crippen LogP contribution in [-0.2, 0) is 0 Å². The normalized spacial score (nSPS) is 10.7. The molecule has 1 aromatic carbocycles. The van der Waals surface area contributed by atoms with E-state index in [0.717, 1.165) is 17.7 Å². The van der Waals surface area contributed by atoms with Crippen LogP contribution in [0.2, 0.25) is 0 Å². The molecule has 0 saturated carbocycles. The number of nitrogens with zero attached hydrogens (tertiary/aromatic N) is 4. The third-order valence-electron chi connectivity index (χ3n) is 3.33. The Morgan fingerprint density at radius 3 is 2.79 bits per heavy atom. The van der Waals surface area contributed by atoms with Crippen LogP contribution in [0, 0.1) is 22.2 Å². The second-order valence-electron chi connectivity index (χ2n) is 4.94. The Hall–Kier alpha value is -3.69. The van der Waals surface area contributed by atoms with Gasteiger partial charge in [0.1, 0.15) is 0 Å². The Bertz CT molecular complexity index is 952. The maximum absolute atomic E-state index is 11.4. The fourth-order valence-electron chi connectivity index (χ4n) is 2.10. The number of rotatable bonds is 3. The van der Waals surface area contributed by atoms with Gasteiger partial charge in [-0.2, -0.15) is 9.71 Å². The Morgan fingerprint density at radius 2 is 2.08 bits per heavy atom. The van der Waals surface area contributed by atoms with E-state index in [9.17, 15) is 25.5 Å². The Labute approximate surface area is 134 Å². The van der Waals surface area contributed by atoms with Crippen molar-refractivity contribution >= 4 is 5.69 Å². The van der Waals surface area contributed by atoms with Gasteiger partial charge in [0.2, 0.25) is 11.6 Å². The number of aromatic hydroxyl groups is 2. The third-order valence-corrected chi connectivity index (χ3v) is 3.33. The van der Waals surface area contributed by atoms with E-state index in [1.54, 1.807) is 13.0 Å². The van der Waals surface area contributed by atoms with Crippen LogP contribution >= 0.6 is 0 Å². The molecule has 2 aromatic heterocycles. The molecule has 0 fully saturated rings. The quantitative estimate of drug-likeness (QED) is 0.242. The molecule has 10 nitrogen and oxygen atoms in total. The largest absolute Gasteiger partial charge is 0.619 e. The first kappa shape index (κ1) is 15.2. The van der Waals surface area contributed by atoms with Gasteiger partial charge in [0.05, 0.1) is 16.1 Å². The summed E-state index contributed by atoms with van der Waals surface area (Å²) in [4.78, 5) is 14.1. The standard InChI is InChI=1S/C14H10N4O6/c1-7-2-3-17(21)6-9(7)13-15-14(24-16-13)8-4-10(18(22)23)12(20)11(19)5-8/h2-6,19-20H,1H3. The average molecular weight is 330 g/mol. The molecular weight excluding hydrogens is 320 g/mol. The highest BCUT2D eigenvalue weighted by Gasteiger charge is 2.22. The third kappa shape index (κ3) is 2.56. The molecule has 0 aliphatic heterocycles. The minimum atomic E-state index is -0.852. The molecule has 10 heteroatoms. The van der Waals surface area contributed by atoms with Crippen LogP contribution in [0.5, 0.6) is 11.5 Å². The van der Waals surface area contributed by atoms with E-state index in [-0.39, 0.29) is 17.3 Å². The van der Waals surface area contributed by atoms with Crippen molar-refractivity contribution in [2.75, 3.05) is 0 Å². The van der Waals surface area contributed by atoms with E-state index < -0.39 is 22.1 Å². The second-order valence-corrected chi connectivity index (χ2v) is 4.94. The van der Waals surface area contributed by atoms with Crippen molar-refractivity contribution in [2.45, 2.75) is 6.92 Å². The molecule has 24 heavy (non-hydrogen) atoms. The van der Waals surface area contributed by atoms with E-state index >= 15 is 0 Å². The van der Waals surface area contributed by atoms with Crippen molar-refractivity contribution in [3.8, 4) is 34.3 Å². The highest BCUT2D eigenvalue weighted by Crippen LogP contribution is 2.39. The second kappa shape index (κ2) is 5.50. The molecule has 2 N–H and O–H groups in total. The number of nitro groups is 1. The van der Waals surface area contributed by atoms with Gasteiger partial charge in [-0.25, -0.2) is 0 Å². The molecule has 3 aromatic rings. The lowest BCUT2D eigenvalue weighted by Crippen LogP contribution is -2.24. The van der Waals surface area contributed by atoms with Gasteiger partial charge in [-0.1, -0.05) is 5.16 Å². The fourth-order valence-corrected chi connectivity index (χ4v) is 2.10. The number of hydrogen-bond donors (Lipinski definition) is 2. The van der Waals surface area contributed by atoms with Gasteiger partial charge < -0.3 is 19.9 Å². The minimum Gasteiger partial charge on any atom is -0.619 e. The van der Waals surface area contributed by atoms with Crippen molar-refractivity contribution < 1.29 is 24.4 Å². The Kier molecular flexibility index (Phi) is 3.49. The summed E-state index contributed by atoms with van der Waals surface area (Å²) in [5.74, 6) is -1.53.